The standard InChI is InChI=1S/C23H28N8O3/c1-28-20-10-17(12-29-13-18(14-29)34-2)26-31(20)9-8-19(23(28)33)25-22(32)21-24-15-30(27-21)11-16-6-4-3-5-7-16/h3-7,10,15,18-19H,8-9,11-14H2,1-2H3,(H,25,32). The van der Waals surface area contributed by atoms with Gasteiger partial charge in [0.15, 0.2) is 0 Å². The number of likely N-dealkylation sites (tertiary alicyclic amines) is 1. The number of nitrogens with zero attached hydrogens (tertiary/aromatic N) is 7. The van der Waals surface area contributed by atoms with Gasteiger partial charge in [0.25, 0.3) is 11.8 Å². The topological polar surface area (TPSA) is 110 Å². The normalized spacial score (nSPS) is 18.9. The number of methoxy groups -OCH3 is 1. The van der Waals surface area contributed by atoms with Crippen LogP contribution in [0.1, 0.15) is 28.3 Å². The molecule has 1 fully saturated rings. The summed E-state index contributed by atoms with van der Waals surface area (Å²) < 4.78 is 8.76. The van der Waals surface area contributed by atoms with Gasteiger partial charge in [0, 0.05) is 46.4 Å². The number of ether oxygens (including phenoxy) is 1. The number of nitrogens with one attached hydrogen (secondary N) is 1. The van der Waals surface area contributed by atoms with E-state index in [0.29, 0.717) is 19.5 Å². The van der Waals surface area contributed by atoms with Crippen LogP contribution in [0.5, 0.6) is 0 Å². The van der Waals surface area contributed by atoms with Crippen molar-refractivity contribution in [1.29, 1.82) is 0 Å². The van der Waals surface area contributed by atoms with E-state index in [4.69, 9.17) is 4.74 Å². The first-order valence-corrected chi connectivity index (χ1v) is 11.3. The van der Waals surface area contributed by atoms with E-state index in [9.17, 15) is 9.59 Å². The number of amides is 2. The van der Waals surface area contributed by atoms with Crippen molar-refractivity contribution in [2.75, 3.05) is 32.1 Å². The van der Waals surface area contributed by atoms with Gasteiger partial charge >= 0.3 is 0 Å². The minimum Gasteiger partial charge on any atom is -0.379 e. The van der Waals surface area contributed by atoms with E-state index < -0.39 is 11.9 Å². The molecule has 2 aromatic heterocycles. The molecule has 1 aromatic carbocycles. The molecule has 5 rings (SSSR count). The number of hydrogen-bond acceptors (Lipinski definition) is 7. The van der Waals surface area contributed by atoms with Crippen molar-refractivity contribution in [2.45, 2.75) is 38.2 Å². The van der Waals surface area contributed by atoms with Crippen molar-refractivity contribution in [3.63, 3.8) is 0 Å². The molecule has 1 N–H and O–H groups in total. The maximum atomic E-state index is 13.1. The molecule has 2 amide bonds. The quantitative estimate of drug-likeness (QED) is 0.543. The lowest BCUT2D eigenvalue weighted by Crippen LogP contribution is -2.51. The molecule has 0 aliphatic carbocycles. The third kappa shape index (κ3) is 4.57. The molecular formula is C23H28N8O3. The van der Waals surface area contributed by atoms with Crippen LogP contribution in [0.2, 0.25) is 0 Å². The summed E-state index contributed by atoms with van der Waals surface area (Å²) >= 11 is 0. The van der Waals surface area contributed by atoms with Gasteiger partial charge in [-0.25, -0.2) is 14.3 Å². The molecule has 1 atom stereocenters. The zero-order valence-electron chi connectivity index (χ0n) is 19.3. The van der Waals surface area contributed by atoms with Gasteiger partial charge in [0.05, 0.1) is 18.3 Å². The van der Waals surface area contributed by atoms with Crippen molar-refractivity contribution in [1.82, 2.24) is 34.8 Å². The number of rotatable bonds is 7. The van der Waals surface area contributed by atoms with E-state index in [1.807, 2.05) is 41.1 Å². The van der Waals surface area contributed by atoms with Crippen LogP contribution in [0.3, 0.4) is 0 Å². The third-order valence-electron chi connectivity index (χ3n) is 6.29. The molecule has 0 radical (unpaired) electrons. The predicted molar refractivity (Wildman–Crippen MR) is 123 cm³/mol. The van der Waals surface area contributed by atoms with Crippen LogP contribution >= 0.6 is 0 Å². The highest BCUT2D eigenvalue weighted by Gasteiger charge is 2.32. The fourth-order valence-electron chi connectivity index (χ4n) is 4.32. The number of likely N-dealkylation sites (N-methyl/N-ethyl adjacent to an activating group) is 1. The molecule has 4 heterocycles. The number of anilines is 1. The second kappa shape index (κ2) is 9.35. The van der Waals surface area contributed by atoms with E-state index in [1.54, 1.807) is 23.7 Å². The fraction of sp³-hybridized carbons (Fsp3) is 0.435. The molecule has 2 aliphatic rings. The first-order chi connectivity index (χ1) is 16.5. The molecule has 11 nitrogen and oxygen atoms in total. The highest BCUT2D eigenvalue weighted by Crippen LogP contribution is 2.23. The van der Waals surface area contributed by atoms with E-state index in [-0.39, 0.29) is 17.8 Å². The van der Waals surface area contributed by atoms with Gasteiger partial charge in [0.2, 0.25) is 5.82 Å². The molecule has 0 saturated carbocycles. The second-order valence-electron chi connectivity index (χ2n) is 8.73. The Morgan fingerprint density at radius 2 is 1.97 bits per heavy atom. The Bertz CT molecular complexity index is 1170. The lowest BCUT2D eigenvalue weighted by molar-refractivity contribution is -0.120. The molecule has 3 aromatic rings. The lowest BCUT2D eigenvalue weighted by atomic mass is 10.1. The predicted octanol–water partition coefficient (Wildman–Crippen LogP) is 0.519. The fourth-order valence-corrected chi connectivity index (χ4v) is 4.32. The van der Waals surface area contributed by atoms with Gasteiger partial charge in [-0.1, -0.05) is 30.3 Å². The van der Waals surface area contributed by atoms with Gasteiger partial charge in [-0.15, -0.1) is 5.10 Å². The zero-order valence-corrected chi connectivity index (χ0v) is 19.3. The van der Waals surface area contributed by atoms with Gasteiger partial charge in [0.1, 0.15) is 18.2 Å². The summed E-state index contributed by atoms with van der Waals surface area (Å²) in [5.41, 5.74) is 1.97. The maximum absolute atomic E-state index is 13.1. The Labute approximate surface area is 197 Å². The highest BCUT2D eigenvalue weighted by atomic mass is 16.5. The van der Waals surface area contributed by atoms with Gasteiger partial charge in [-0.2, -0.15) is 5.10 Å². The average Bonchev–Trinajstić information content (AvgIpc) is 3.43. The van der Waals surface area contributed by atoms with Crippen molar-refractivity contribution >= 4 is 17.6 Å². The van der Waals surface area contributed by atoms with Crippen LogP contribution in [0.15, 0.2) is 42.7 Å². The first-order valence-electron chi connectivity index (χ1n) is 11.3. The SMILES string of the molecule is COC1CN(Cc2cc3n(n2)CCC(NC(=O)c2ncn(Cc4ccccc4)n2)C(=O)N3C)C1. The summed E-state index contributed by atoms with van der Waals surface area (Å²) in [6.45, 7) is 3.53. The molecule has 0 spiro atoms. The number of fused-ring (bicyclic) bond motifs is 1. The minimum atomic E-state index is -0.679. The Balaban J connectivity index is 1.20. The largest absolute Gasteiger partial charge is 0.379 e. The number of aryl methyl sites for hydroxylation is 1. The molecule has 178 valence electrons. The molecule has 0 bridgehead atoms. The van der Waals surface area contributed by atoms with Crippen LogP contribution in [-0.2, 0) is 29.2 Å². The van der Waals surface area contributed by atoms with E-state index in [0.717, 1.165) is 36.7 Å². The Morgan fingerprint density at radius 1 is 1.18 bits per heavy atom. The summed E-state index contributed by atoms with van der Waals surface area (Å²) in [5.74, 6) is 0.111. The summed E-state index contributed by atoms with van der Waals surface area (Å²) in [6.07, 6.45) is 2.24. The second-order valence-corrected chi connectivity index (χ2v) is 8.73. The van der Waals surface area contributed by atoms with Crippen LogP contribution in [-0.4, -0.2) is 80.7 Å². The lowest BCUT2D eigenvalue weighted by Gasteiger charge is -2.37. The number of carbonyl (C=O) groups excluding carboxylic acids is 2. The monoisotopic (exact) mass is 464 g/mol. The molecule has 1 saturated heterocycles. The number of hydrogen-bond donors (Lipinski definition) is 1. The van der Waals surface area contributed by atoms with Crippen LogP contribution < -0.4 is 10.2 Å². The summed E-state index contributed by atoms with van der Waals surface area (Å²) in [4.78, 5) is 33.8. The molecule has 34 heavy (non-hydrogen) atoms. The van der Waals surface area contributed by atoms with E-state index in [1.165, 1.54) is 6.33 Å². The summed E-state index contributed by atoms with van der Waals surface area (Å²) in [5, 5.41) is 11.8. The van der Waals surface area contributed by atoms with Crippen molar-refractivity contribution in [3.8, 4) is 0 Å². The van der Waals surface area contributed by atoms with Crippen molar-refractivity contribution < 1.29 is 14.3 Å². The van der Waals surface area contributed by atoms with Gasteiger partial charge < -0.3 is 10.1 Å². The molecule has 11 heteroatoms. The Hall–Kier alpha value is -3.57. The summed E-state index contributed by atoms with van der Waals surface area (Å²) in [6, 6.07) is 11.1. The molecule has 2 aliphatic heterocycles. The Morgan fingerprint density at radius 3 is 2.74 bits per heavy atom. The van der Waals surface area contributed by atoms with Crippen LogP contribution in [0.4, 0.5) is 5.82 Å². The maximum Gasteiger partial charge on any atom is 0.291 e. The Kier molecular flexibility index (Phi) is 6.12. The van der Waals surface area contributed by atoms with Crippen LogP contribution in [0, 0.1) is 0 Å². The van der Waals surface area contributed by atoms with E-state index in [2.05, 4.69) is 25.4 Å². The highest BCUT2D eigenvalue weighted by molar-refractivity contribution is 6.00. The summed E-state index contributed by atoms with van der Waals surface area (Å²) in [7, 11) is 3.44. The first kappa shape index (κ1) is 22.2. The van der Waals surface area contributed by atoms with Gasteiger partial charge in [-0.3, -0.25) is 19.4 Å². The minimum absolute atomic E-state index is 0.0413. The smallest absolute Gasteiger partial charge is 0.291 e. The molecule has 1 unspecified atom stereocenters. The van der Waals surface area contributed by atoms with Crippen molar-refractivity contribution in [2.24, 2.45) is 0 Å². The van der Waals surface area contributed by atoms with E-state index >= 15 is 0 Å². The average molecular weight is 465 g/mol. The van der Waals surface area contributed by atoms with Gasteiger partial charge in [-0.05, 0) is 12.0 Å². The number of carbonyl (C=O) groups is 2. The van der Waals surface area contributed by atoms with Crippen molar-refractivity contribution in [3.05, 3.63) is 59.8 Å². The number of aromatic nitrogens is 5. The van der Waals surface area contributed by atoms with Crippen LogP contribution in [0.25, 0.3) is 0 Å². The third-order valence-corrected chi connectivity index (χ3v) is 6.29. The number of benzene rings is 1. The molecular weight excluding hydrogens is 436 g/mol. The zero-order chi connectivity index (χ0) is 23.7.